The molecule has 1 fully saturated rings. The maximum atomic E-state index is 11.9. The van der Waals surface area contributed by atoms with Gasteiger partial charge < -0.3 is 10.4 Å². The Morgan fingerprint density at radius 3 is 2.47 bits per heavy atom. The molecule has 1 atom stereocenters. The molecule has 0 spiro atoms. The molecule has 0 aliphatic heterocycles. The maximum absolute atomic E-state index is 11.9. The fraction of sp³-hybridized carbons (Fsp3) is 0.500. The van der Waals surface area contributed by atoms with E-state index in [1.807, 2.05) is 6.07 Å². The van der Waals surface area contributed by atoms with Crippen LogP contribution in [0.5, 0.6) is 0 Å². The number of aromatic nitrogens is 1. The third-order valence-electron chi connectivity index (χ3n) is 3.29. The molecule has 1 aromatic rings. The van der Waals surface area contributed by atoms with E-state index >= 15 is 0 Å². The molecule has 1 amide bonds. The number of carbonyl (C=O) groups excluding carboxylic acids is 1. The Morgan fingerprint density at radius 1 is 1.37 bits per heavy atom. The van der Waals surface area contributed by atoms with E-state index in [4.69, 9.17) is 5.11 Å². The van der Waals surface area contributed by atoms with E-state index in [-0.39, 0.29) is 11.6 Å². The number of hydrogen-bond acceptors (Lipinski definition) is 3. The van der Waals surface area contributed by atoms with Gasteiger partial charge in [0.15, 0.2) is 0 Å². The van der Waals surface area contributed by atoms with Gasteiger partial charge in [0.05, 0.1) is 0 Å². The highest BCUT2D eigenvalue weighted by Crippen LogP contribution is 2.39. The lowest BCUT2D eigenvalue weighted by Crippen LogP contribution is -2.44. The number of rotatable bonds is 5. The zero-order chi connectivity index (χ0) is 14.0. The van der Waals surface area contributed by atoms with Crippen molar-refractivity contribution in [3.63, 3.8) is 0 Å². The molecular formula is C14H18N2O3. The molecule has 2 rings (SSSR count). The van der Waals surface area contributed by atoms with E-state index in [0.717, 1.165) is 5.56 Å². The number of nitrogens with one attached hydrogen (secondary N) is 1. The molecular weight excluding hydrogens is 244 g/mol. The lowest BCUT2D eigenvalue weighted by molar-refractivity contribution is -0.140. The fourth-order valence-electron chi connectivity index (χ4n) is 1.93. The molecule has 5 nitrogen and oxygen atoms in total. The van der Waals surface area contributed by atoms with Crippen LogP contribution in [0, 0.1) is 5.92 Å². The van der Waals surface area contributed by atoms with Crippen LogP contribution in [0.25, 0.3) is 0 Å². The lowest BCUT2D eigenvalue weighted by Gasteiger charge is -2.17. The number of pyridine rings is 1. The van der Waals surface area contributed by atoms with Crippen LogP contribution in [0.4, 0.5) is 0 Å². The summed E-state index contributed by atoms with van der Waals surface area (Å²) < 4.78 is 0. The van der Waals surface area contributed by atoms with Crippen molar-refractivity contribution >= 4 is 11.9 Å². The minimum absolute atomic E-state index is 0.174. The number of nitrogens with zero attached hydrogens (tertiary/aromatic N) is 1. The first kappa shape index (κ1) is 13.5. The van der Waals surface area contributed by atoms with Gasteiger partial charge in [-0.1, -0.05) is 19.9 Å². The highest BCUT2D eigenvalue weighted by molar-refractivity contribution is 5.95. The molecule has 5 heteroatoms. The Bertz CT molecular complexity index is 478. The maximum Gasteiger partial charge on any atom is 0.326 e. The van der Waals surface area contributed by atoms with Crippen molar-refractivity contribution in [3.8, 4) is 0 Å². The first-order valence-electron chi connectivity index (χ1n) is 6.48. The van der Waals surface area contributed by atoms with Gasteiger partial charge in [0.1, 0.15) is 11.7 Å². The smallest absolute Gasteiger partial charge is 0.326 e. The monoisotopic (exact) mass is 262 g/mol. The van der Waals surface area contributed by atoms with Crippen molar-refractivity contribution in [2.75, 3.05) is 0 Å². The predicted octanol–water partition coefficient (Wildman–Crippen LogP) is 1.80. The highest BCUT2D eigenvalue weighted by Gasteiger charge is 2.26. The number of hydrogen-bond donors (Lipinski definition) is 2. The van der Waals surface area contributed by atoms with E-state index in [2.05, 4.69) is 10.3 Å². The Morgan fingerprint density at radius 2 is 2.05 bits per heavy atom. The molecule has 0 saturated heterocycles. The number of carboxylic acid groups (broad SMARTS) is 1. The Hall–Kier alpha value is -1.91. The SMILES string of the molecule is CC(C)[C@@H](NC(=O)c1ccc(C2CC2)cn1)C(=O)O. The molecule has 1 aliphatic carbocycles. The van der Waals surface area contributed by atoms with E-state index in [9.17, 15) is 9.59 Å². The van der Waals surface area contributed by atoms with Gasteiger partial charge in [-0.15, -0.1) is 0 Å². The normalized spacial score (nSPS) is 16.2. The van der Waals surface area contributed by atoms with Gasteiger partial charge in [0.25, 0.3) is 5.91 Å². The first-order chi connectivity index (χ1) is 8.99. The molecule has 0 unspecified atom stereocenters. The standard InChI is InChI=1S/C14H18N2O3/c1-8(2)12(14(18)19)16-13(17)11-6-5-10(7-15-11)9-3-4-9/h5-9,12H,3-4H2,1-2H3,(H,16,17)(H,18,19)/t12-/m1/s1. The summed E-state index contributed by atoms with van der Waals surface area (Å²) in [7, 11) is 0. The average Bonchev–Trinajstić information content (AvgIpc) is 3.19. The molecule has 19 heavy (non-hydrogen) atoms. The van der Waals surface area contributed by atoms with Crippen LogP contribution in [0.15, 0.2) is 18.3 Å². The van der Waals surface area contributed by atoms with E-state index in [0.29, 0.717) is 5.92 Å². The van der Waals surface area contributed by atoms with Crippen LogP contribution in [0.2, 0.25) is 0 Å². The summed E-state index contributed by atoms with van der Waals surface area (Å²) in [6.07, 6.45) is 4.07. The zero-order valence-corrected chi connectivity index (χ0v) is 11.1. The van der Waals surface area contributed by atoms with Crippen molar-refractivity contribution in [1.82, 2.24) is 10.3 Å². The highest BCUT2D eigenvalue weighted by atomic mass is 16.4. The summed E-state index contributed by atoms with van der Waals surface area (Å²) >= 11 is 0. The molecule has 2 N–H and O–H groups in total. The fourth-order valence-corrected chi connectivity index (χ4v) is 1.93. The minimum atomic E-state index is -1.03. The lowest BCUT2D eigenvalue weighted by atomic mass is 10.0. The van der Waals surface area contributed by atoms with Gasteiger partial charge in [-0.25, -0.2) is 4.79 Å². The molecule has 0 aromatic carbocycles. The number of aliphatic carboxylic acids is 1. The van der Waals surface area contributed by atoms with Gasteiger partial charge in [-0.3, -0.25) is 9.78 Å². The Labute approximate surface area is 112 Å². The third-order valence-corrected chi connectivity index (χ3v) is 3.29. The molecule has 1 heterocycles. The van der Waals surface area contributed by atoms with Crippen molar-refractivity contribution in [2.24, 2.45) is 5.92 Å². The topological polar surface area (TPSA) is 79.3 Å². The number of carbonyl (C=O) groups is 2. The van der Waals surface area contributed by atoms with E-state index in [1.54, 1.807) is 26.1 Å². The quantitative estimate of drug-likeness (QED) is 0.848. The summed E-state index contributed by atoms with van der Waals surface area (Å²) in [6.45, 7) is 3.51. The third kappa shape index (κ3) is 3.30. The largest absolute Gasteiger partial charge is 0.480 e. The Balaban J connectivity index is 2.04. The summed E-state index contributed by atoms with van der Waals surface area (Å²) in [4.78, 5) is 27.1. The van der Waals surface area contributed by atoms with Crippen molar-refractivity contribution < 1.29 is 14.7 Å². The second-order valence-corrected chi connectivity index (χ2v) is 5.28. The molecule has 1 aromatic heterocycles. The van der Waals surface area contributed by atoms with Crippen molar-refractivity contribution in [3.05, 3.63) is 29.6 Å². The van der Waals surface area contributed by atoms with Gasteiger partial charge >= 0.3 is 5.97 Å². The number of carboxylic acids is 1. The summed E-state index contributed by atoms with van der Waals surface area (Å²) in [6, 6.07) is 2.66. The zero-order valence-electron chi connectivity index (χ0n) is 11.1. The second-order valence-electron chi connectivity index (χ2n) is 5.28. The van der Waals surface area contributed by atoms with Gasteiger partial charge in [0.2, 0.25) is 0 Å². The molecule has 0 bridgehead atoms. The van der Waals surface area contributed by atoms with Crippen LogP contribution in [0.3, 0.4) is 0 Å². The number of amides is 1. The summed E-state index contributed by atoms with van der Waals surface area (Å²) in [5.41, 5.74) is 1.41. The van der Waals surface area contributed by atoms with Crippen LogP contribution in [-0.2, 0) is 4.79 Å². The van der Waals surface area contributed by atoms with Crippen molar-refractivity contribution in [1.29, 1.82) is 0 Å². The summed E-state index contributed by atoms with van der Waals surface area (Å²) in [5, 5.41) is 11.5. The second kappa shape index (κ2) is 5.38. The Kier molecular flexibility index (Phi) is 3.83. The average molecular weight is 262 g/mol. The van der Waals surface area contributed by atoms with Crippen LogP contribution in [0.1, 0.15) is 48.7 Å². The van der Waals surface area contributed by atoms with Crippen LogP contribution < -0.4 is 5.32 Å². The van der Waals surface area contributed by atoms with Crippen molar-refractivity contribution in [2.45, 2.75) is 38.6 Å². The van der Waals surface area contributed by atoms with E-state index < -0.39 is 17.9 Å². The van der Waals surface area contributed by atoms with Crippen LogP contribution >= 0.6 is 0 Å². The van der Waals surface area contributed by atoms with Gasteiger partial charge in [0, 0.05) is 6.20 Å². The molecule has 102 valence electrons. The van der Waals surface area contributed by atoms with Crippen LogP contribution in [-0.4, -0.2) is 28.0 Å². The molecule has 0 radical (unpaired) electrons. The molecule has 1 aliphatic rings. The van der Waals surface area contributed by atoms with Gasteiger partial charge in [-0.2, -0.15) is 0 Å². The van der Waals surface area contributed by atoms with E-state index in [1.165, 1.54) is 12.8 Å². The molecule has 1 saturated carbocycles. The summed E-state index contributed by atoms with van der Waals surface area (Å²) in [5.74, 6) is -1.05. The predicted molar refractivity (Wildman–Crippen MR) is 69.9 cm³/mol. The van der Waals surface area contributed by atoms with Gasteiger partial charge in [-0.05, 0) is 36.3 Å². The minimum Gasteiger partial charge on any atom is -0.480 e. The first-order valence-corrected chi connectivity index (χ1v) is 6.48.